The Morgan fingerprint density at radius 2 is 1.00 bits per heavy atom. The van der Waals surface area contributed by atoms with Crippen molar-refractivity contribution in [3.8, 4) is 0 Å². The van der Waals surface area contributed by atoms with Crippen LogP contribution in [0.3, 0.4) is 0 Å². The van der Waals surface area contributed by atoms with E-state index in [0.717, 1.165) is 23.9 Å². The molecule has 0 aromatic carbocycles. The monoisotopic (exact) mass is 294 g/mol. The van der Waals surface area contributed by atoms with Crippen LogP contribution in [0.15, 0.2) is 0 Å². The van der Waals surface area contributed by atoms with Gasteiger partial charge in [0.25, 0.3) is 0 Å². The van der Waals surface area contributed by atoms with Crippen molar-refractivity contribution < 1.29 is 0 Å². The standard InChI is InChI=1S/C19H38N2/c1-16(2)20-12-8-18(9-13-20)6-5-7-19-10-14-21(15-11-19)17(3)4/h16-19H,5-15H2,1-4H3. The molecule has 0 atom stereocenters. The van der Waals surface area contributed by atoms with Gasteiger partial charge in [-0.05, 0) is 91.4 Å². The minimum Gasteiger partial charge on any atom is -0.301 e. The zero-order chi connectivity index (χ0) is 15.2. The van der Waals surface area contributed by atoms with Gasteiger partial charge >= 0.3 is 0 Å². The average Bonchev–Trinajstić information content (AvgIpc) is 2.48. The van der Waals surface area contributed by atoms with E-state index in [1.54, 1.807) is 0 Å². The van der Waals surface area contributed by atoms with E-state index >= 15 is 0 Å². The maximum Gasteiger partial charge on any atom is 0.00385 e. The van der Waals surface area contributed by atoms with E-state index in [0.29, 0.717) is 0 Å². The van der Waals surface area contributed by atoms with Gasteiger partial charge in [-0.3, -0.25) is 0 Å². The van der Waals surface area contributed by atoms with Crippen molar-refractivity contribution in [3.63, 3.8) is 0 Å². The molecule has 2 nitrogen and oxygen atoms in total. The molecule has 0 N–H and O–H groups in total. The summed E-state index contributed by atoms with van der Waals surface area (Å²) in [7, 11) is 0. The van der Waals surface area contributed by atoms with Gasteiger partial charge in [0.15, 0.2) is 0 Å². The molecule has 2 aliphatic rings. The molecule has 0 unspecified atom stereocenters. The summed E-state index contributed by atoms with van der Waals surface area (Å²) in [5.74, 6) is 2.05. The third-order valence-electron chi connectivity index (χ3n) is 5.98. The first-order valence-corrected chi connectivity index (χ1v) is 9.54. The Balaban J connectivity index is 1.55. The van der Waals surface area contributed by atoms with Crippen molar-refractivity contribution in [1.82, 2.24) is 9.80 Å². The molecular weight excluding hydrogens is 256 g/mol. The van der Waals surface area contributed by atoms with Gasteiger partial charge in [0.1, 0.15) is 0 Å². The molecule has 2 rings (SSSR count). The normalized spacial score (nSPS) is 24.3. The first-order chi connectivity index (χ1) is 10.1. The van der Waals surface area contributed by atoms with E-state index in [4.69, 9.17) is 0 Å². The van der Waals surface area contributed by atoms with Crippen LogP contribution >= 0.6 is 0 Å². The van der Waals surface area contributed by atoms with Crippen LogP contribution in [0.4, 0.5) is 0 Å². The second-order valence-electron chi connectivity index (χ2n) is 8.08. The Kier molecular flexibility index (Phi) is 7.01. The minimum absolute atomic E-state index is 0.747. The van der Waals surface area contributed by atoms with E-state index in [-0.39, 0.29) is 0 Å². The highest BCUT2D eigenvalue weighted by molar-refractivity contribution is 4.77. The lowest BCUT2D eigenvalue weighted by molar-refractivity contribution is 0.133. The topological polar surface area (TPSA) is 6.48 Å². The lowest BCUT2D eigenvalue weighted by Gasteiger charge is -2.36. The molecule has 2 saturated heterocycles. The van der Waals surface area contributed by atoms with Crippen molar-refractivity contribution in [1.29, 1.82) is 0 Å². The minimum atomic E-state index is 0.747. The molecule has 2 heteroatoms. The van der Waals surface area contributed by atoms with Gasteiger partial charge in [0.05, 0.1) is 0 Å². The highest BCUT2D eigenvalue weighted by Crippen LogP contribution is 2.28. The fourth-order valence-corrected chi connectivity index (χ4v) is 4.21. The second-order valence-corrected chi connectivity index (χ2v) is 8.08. The van der Waals surface area contributed by atoms with Crippen LogP contribution in [0.25, 0.3) is 0 Å². The summed E-state index contributed by atoms with van der Waals surface area (Å²) in [4.78, 5) is 5.30. The van der Waals surface area contributed by atoms with Crippen LogP contribution in [-0.4, -0.2) is 48.1 Å². The first kappa shape index (κ1) is 17.3. The van der Waals surface area contributed by atoms with Crippen LogP contribution in [0.1, 0.15) is 72.6 Å². The molecular formula is C19H38N2. The van der Waals surface area contributed by atoms with Crippen molar-refractivity contribution in [2.45, 2.75) is 84.7 Å². The van der Waals surface area contributed by atoms with E-state index in [9.17, 15) is 0 Å². The molecule has 0 amide bonds. The van der Waals surface area contributed by atoms with Gasteiger partial charge in [-0.1, -0.05) is 19.3 Å². The quantitative estimate of drug-likeness (QED) is 0.716. The number of piperidine rings is 2. The zero-order valence-electron chi connectivity index (χ0n) is 15.0. The zero-order valence-corrected chi connectivity index (χ0v) is 15.0. The Morgan fingerprint density at radius 1 is 0.667 bits per heavy atom. The molecule has 0 saturated carbocycles. The second kappa shape index (κ2) is 8.53. The molecule has 0 aromatic rings. The maximum absolute atomic E-state index is 2.65. The number of nitrogens with zero attached hydrogens (tertiary/aromatic N) is 2. The largest absolute Gasteiger partial charge is 0.301 e. The summed E-state index contributed by atoms with van der Waals surface area (Å²) in [6.45, 7) is 14.7. The summed E-state index contributed by atoms with van der Waals surface area (Å²) < 4.78 is 0. The molecule has 2 fully saturated rings. The van der Waals surface area contributed by atoms with Crippen LogP contribution in [0.5, 0.6) is 0 Å². The molecule has 2 heterocycles. The fraction of sp³-hybridized carbons (Fsp3) is 1.00. The SMILES string of the molecule is CC(C)N1CCC(CCCC2CCN(C(C)C)CC2)CC1. The summed E-state index contributed by atoms with van der Waals surface area (Å²) in [5.41, 5.74) is 0. The summed E-state index contributed by atoms with van der Waals surface area (Å²) >= 11 is 0. The molecule has 0 spiro atoms. The van der Waals surface area contributed by atoms with E-state index in [1.807, 2.05) is 0 Å². The highest BCUT2D eigenvalue weighted by atomic mass is 15.2. The Morgan fingerprint density at radius 3 is 1.29 bits per heavy atom. The Labute approximate surface area is 133 Å². The number of rotatable bonds is 6. The molecule has 2 aliphatic heterocycles. The molecule has 0 bridgehead atoms. The van der Waals surface area contributed by atoms with Crippen molar-refractivity contribution in [2.24, 2.45) is 11.8 Å². The Hall–Kier alpha value is -0.0800. The summed E-state index contributed by atoms with van der Waals surface area (Å²) in [6, 6.07) is 1.49. The molecule has 0 radical (unpaired) electrons. The smallest absolute Gasteiger partial charge is 0.00385 e. The molecule has 0 aromatic heterocycles. The van der Waals surface area contributed by atoms with Crippen molar-refractivity contribution >= 4 is 0 Å². The summed E-state index contributed by atoms with van der Waals surface area (Å²) in [5, 5.41) is 0. The van der Waals surface area contributed by atoms with Crippen LogP contribution in [-0.2, 0) is 0 Å². The van der Waals surface area contributed by atoms with E-state index in [2.05, 4.69) is 37.5 Å². The van der Waals surface area contributed by atoms with Crippen LogP contribution in [0.2, 0.25) is 0 Å². The van der Waals surface area contributed by atoms with Crippen molar-refractivity contribution in [3.05, 3.63) is 0 Å². The molecule has 124 valence electrons. The summed E-state index contributed by atoms with van der Waals surface area (Å²) in [6.07, 6.45) is 10.3. The van der Waals surface area contributed by atoms with Gasteiger partial charge in [-0.2, -0.15) is 0 Å². The van der Waals surface area contributed by atoms with Crippen molar-refractivity contribution in [2.75, 3.05) is 26.2 Å². The van der Waals surface area contributed by atoms with Crippen LogP contribution < -0.4 is 0 Å². The number of hydrogen-bond donors (Lipinski definition) is 0. The van der Waals surface area contributed by atoms with Gasteiger partial charge in [0, 0.05) is 12.1 Å². The third-order valence-corrected chi connectivity index (χ3v) is 5.98. The predicted molar refractivity (Wildman–Crippen MR) is 92.7 cm³/mol. The van der Waals surface area contributed by atoms with E-state index in [1.165, 1.54) is 71.1 Å². The Bertz CT molecular complexity index is 243. The van der Waals surface area contributed by atoms with Gasteiger partial charge in [-0.15, -0.1) is 0 Å². The van der Waals surface area contributed by atoms with Crippen LogP contribution in [0, 0.1) is 11.8 Å². The number of likely N-dealkylation sites (tertiary alicyclic amines) is 2. The first-order valence-electron chi connectivity index (χ1n) is 9.54. The lowest BCUT2D eigenvalue weighted by atomic mass is 9.86. The van der Waals surface area contributed by atoms with E-state index < -0.39 is 0 Å². The highest BCUT2D eigenvalue weighted by Gasteiger charge is 2.23. The number of hydrogen-bond acceptors (Lipinski definition) is 2. The molecule has 0 aliphatic carbocycles. The fourth-order valence-electron chi connectivity index (χ4n) is 4.21. The maximum atomic E-state index is 2.65. The molecule has 21 heavy (non-hydrogen) atoms. The predicted octanol–water partition coefficient (Wildman–Crippen LogP) is 4.40. The van der Waals surface area contributed by atoms with Gasteiger partial charge < -0.3 is 9.80 Å². The van der Waals surface area contributed by atoms with Gasteiger partial charge in [0.2, 0.25) is 0 Å². The van der Waals surface area contributed by atoms with Gasteiger partial charge in [-0.25, -0.2) is 0 Å². The lowest BCUT2D eigenvalue weighted by Crippen LogP contribution is -2.39. The average molecular weight is 295 g/mol. The third kappa shape index (κ3) is 5.56.